The Morgan fingerprint density at radius 3 is 2.62 bits per heavy atom. The quantitative estimate of drug-likeness (QED) is 0.404. The van der Waals surface area contributed by atoms with E-state index in [1.54, 1.807) is 49.8 Å². The maximum absolute atomic E-state index is 13.3. The van der Waals surface area contributed by atoms with Crippen LogP contribution in [0.15, 0.2) is 55.0 Å². The SMILES string of the molecule is Cn1cc(F)nc1C(=O)c1ccc(-c2cnc3[nH]cc(C=CC(N)=O)c3c2)cc1. The van der Waals surface area contributed by atoms with Crippen LogP contribution in [-0.2, 0) is 11.8 Å². The molecule has 0 bridgehead atoms. The molecule has 0 saturated carbocycles. The summed E-state index contributed by atoms with van der Waals surface area (Å²) >= 11 is 0. The number of carbonyl (C=O) groups is 2. The van der Waals surface area contributed by atoms with Gasteiger partial charge in [0.05, 0.1) is 6.20 Å². The summed E-state index contributed by atoms with van der Waals surface area (Å²) in [6, 6.07) is 8.85. The predicted molar refractivity (Wildman–Crippen MR) is 106 cm³/mol. The van der Waals surface area contributed by atoms with Crippen LogP contribution in [0.4, 0.5) is 4.39 Å². The third-order valence-electron chi connectivity index (χ3n) is 4.52. The van der Waals surface area contributed by atoms with Gasteiger partial charge in [-0.1, -0.05) is 24.3 Å². The Balaban J connectivity index is 1.66. The van der Waals surface area contributed by atoms with E-state index in [2.05, 4.69) is 15.0 Å². The molecule has 0 unspecified atom stereocenters. The van der Waals surface area contributed by atoms with Gasteiger partial charge >= 0.3 is 0 Å². The molecule has 8 heteroatoms. The van der Waals surface area contributed by atoms with Gasteiger partial charge in [-0.2, -0.15) is 9.37 Å². The Kier molecular flexibility index (Phi) is 4.52. The summed E-state index contributed by atoms with van der Waals surface area (Å²) in [5, 5.41) is 0.837. The van der Waals surface area contributed by atoms with Crippen molar-refractivity contribution in [3.05, 3.63) is 77.9 Å². The molecule has 4 aromatic rings. The number of carbonyl (C=O) groups excluding carboxylic acids is 2. The van der Waals surface area contributed by atoms with E-state index in [1.165, 1.54) is 10.6 Å². The van der Waals surface area contributed by atoms with Crippen molar-refractivity contribution >= 4 is 28.8 Å². The number of primary amides is 1. The molecule has 0 radical (unpaired) electrons. The minimum Gasteiger partial charge on any atom is -0.366 e. The molecule has 3 aromatic heterocycles. The first-order valence-corrected chi connectivity index (χ1v) is 8.71. The molecule has 1 amide bonds. The second-order valence-corrected chi connectivity index (χ2v) is 6.50. The highest BCUT2D eigenvalue weighted by molar-refractivity contribution is 6.07. The first kappa shape index (κ1) is 18.3. The van der Waals surface area contributed by atoms with Crippen molar-refractivity contribution in [1.82, 2.24) is 19.5 Å². The summed E-state index contributed by atoms with van der Waals surface area (Å²) in [7, 11) is 1.57. The topological polar surface area (TPSA) is 107 Å². The minimum absolute atomic E-state index is 0.0385. The molecular formula is C21H16FN5O2. The van der Waals surface area contributed by atoms with Crippen molar-refractivity contribution < 1.29 is 14.0 Å². The van der Waals surface area contributed by atoms with Gasteiger partial charge < -0.3 is 15.3 Å². The number of amides is 1. The number of pyridine rings is 1. The molecule has 144 valence electrons. The average molecular weight is 389 g/mol. The first-order chi connectivity index (χ1) is 13.9. The normalized spacial score (nSPS) is 11.4. The number of halogens is 1. The smallest absolute Gasteiger partial charge is 0.241 e. The van der Waals surface area contributed by atoms with Crippen molar-refractivity contribution in [3.63, 3.8) is 0 Å². The number of aromatic amines is 1. The summed E-state index contributed by atoms with van der Waals surface area (Å²) < 4.78 is 14.6. The molecular weight excluding hydrogens is 373 g/mol. The number of aryl methyl sites for hydroxylation is 1. The first-order valence-electron chi connectivity index (χ1n) is 8.71. The summed E-state index contributed by atoms with van der Waals surface area (Å²) in [6.07, 6.45) is 7.53. The fourth-order valence-electron chi connectivity index (χ4n) is 3.08. The molecule has 0 atom stereocenters. The van der Waals surface area contributed by atoms with E-state index < -0.39 is 11.9 Å². The van der Waals surface area contributed by atoms with Gasteiger partial charge in [0.2, 0.25) is 17.6 Å². The Morgan fingerprint density at radius 1 is 1.21 bits per heavy atom. The monoisotopic (exact) mass is 389 g/mol. The molecule has 0 spiro atoms. The molecule has 0 aliphatic heterocycles. The van der Waals surface area contributed by atoms with Gasteiger partial charge in [0, 0.05) is 47.6 Å². The van der Waals surface area contributed by atoms with Crippen molar-refractivity contribution in [2.45, 2.75) is 0 Å². The molecule has 0 fully saturated rings. The highest BCUT2D eigenvalue weighted by atomic mass is 19.1. The van der Waals surface area contributed by atoms with E-state index in [4.69, 9.17) is 5.73 Å². The van der Waals surface area contributed by atoms with Crippen LogP contribution in [0.5, 0.6) is 0 Å². The van der Waals surface area contributed by atoms with Crippen molar-refractivity contribution in [3.8, 4) is 11.1 Å². The number of hydrogen-bond acceptors (Lipinski definition) is 4. The van der Waals surface area contributed by atoms with E-state index in [0.29, 0.717) is 11.2 Å². The van der Waals surface area contributed by atoms with Crippen LogP contribution in [0.25, 0.3) is 28.2 Å². The molecule has 0 saturated heterocycles. The maximum atomic E-state index is 13.3. The molecule has 1 aromatic carbocycles. The highest BCUT2D eigenvalue weighted by Gasteiger charge is 2.16. The molecule has 3 N–H and O–H groups in total. The minimum atomic E-state index is -0.695. The fourth-order valence-corrected chi connectivity index (χ4v) is 3.08. The highest BCUT2D eigenvalue weighted by Crippen LogP contribution is 2.26. The number of imidazole rings is 1. The van der Waals surface area contributed by atoms with Gasteiger partial charge in [-0.05, 0) is 17.7 Å². The molecule has 3 heterocycles. The van der Waals surface area contributed by atoms with Gasteiger partial charge in [-0.15, -0.1) is 0 Å². The number of ketones is 1. The van der Waals surface area contributed by atoms with Crippen molar-refractivity contribution in [2.75, 3.05) is 0 Å². The number of nitrogens with one attached hydrogen (secondary N) is 1. The zero-order valence-electron chi connectivity index (χ0n) is 15.4. The van der Waals surface area contributed by atoms with Crippen LogP contribution < -0.4 is 5.73 Å². The Labute approximate surface area is 164 Å². The van der Waals surface area contributed by atoms with E-state index in [1.807, 2.05) is 6.07 Å². The lowest BCUT2D eigenvalue weighted by Gasteiger charge is -2.05. The molecule has 4 rings (SSSR count). The summed E-state index contributed by atoms with van der Waals surface area (Å²) in [4.78, 5) is 34.6. The van der Waals surface area contributed by atoms with Gasteiger partial charge in [0.1, 0.15) is 5.65 Å². The van der Waals surface area contributed by atoms with E-state index in [0.717, 1.165) is 28.3 Å². The molecule has 0 aliphatic rings. The standard InChI is InChI=1S/C21H16FN5O2/c1-27-11-17(22)26-21(27)19(29)13-4-2-12(3-5-13)15-8-16-14(6-7-18(23)28)9-24-20(16)25-10-15/h2-11H,1H3,(H2,23,28)(H,24,25). The summed E-state index contributed by atoms with van der Waals surface area (Å²) in [6.45, 7) is 0. The van der Waals surface area contributed by atoms with Crippen molar-refractivity contribution in [2.24, 2.45) is 12.8 Å². The Morgan fingerprint density at radius 2 is 1.97 bits per heavy atom. The maximum Gasteiger partial charge on any atom is 0.241 e. The average Bonchev–Trinajstić information content (AvgIpc) is 3.27. The zero-order chi connectivity index (χ0) is 20.5. The predicted octanol–water partition coefficient (Wildman–Crippen LogP) is 2.83. The second-order valence-electron chi connectivity index (χ2n) is 6.50. The third-order valence-corrected chi connectivity index (χ3v) is 4.52. The number of hydrogen-bond donors (Lipinski definition) is 2. The van der Waals surface area contributed by atoms with Gasteiger partial charge in [-0.3, -0.25) is 9.59 Å². The number of nitrogens with zero attached hydrogens (tertiary/aromatic N) is 3. The lowest BCUT2D eigenvalue weighted by atomic mass is 10.0. The van der Waals surface area contributed by atoms with Gasteiger partial charge in [0.25, 0.3) is 0 Å². The van der Waals surface area contributed by atoms with Crippen LogP contribution in [0, 0.1) is 5.95 Å². The Hall–Kier alpha value is -4.07. The van der Waals surface area contributed by atoms with E-state index >= 15 is 0 Å². The van der Waals surface area contributed by atoms with Crippen LogP contribution in [-0.4, -0.2) is 31.2 Å². The van der Waals surface area contributed by atoms with E-state index in [-0.39, 0.29) is 11.6 Å². The van der Waals surface area contributed by atoms with Crippen LogP contribution in [0.1, 0.15) is 21.7 Å². The van der Waals surface area contributed by atoms with Crippen LogP contribution in [0.3, 0.4) is 0 Å². The largest absolute Gasteiger partial charge is 0.366 e. The number of H-pyrrole nitrogens is 1. The van der Waals surface area contributed by atoms with Crippen LogP contribution in [0.2, 0.25) is 0 Å². The number of fused-ring (bicyclic) bond motifs is 1. The van der Waals surface area contributed by atoms with Crippen LogP contribution >= 0.6 is 0 Å². The molecule has 0 aliphatic carbocycles. The fraction of sp³-hybridized carbons (Fsp3) is 0.0476. The van der Waals surface area contributed by atoms with Gasteiger partial charge in [-0.25, -0.2) is 4.98 Å². The number of aromatic nitrogens is 4. The molecule has 7 nitrogen and oxygen atoms in total. The number of rotatable bonds is 5. The lowest BCUT2D eigenvalue weighted by molar-refractivity contribution is -0.113. The van der Waals surface area contributed by atoms with E-state index in [9.17, 15) is 14.0 Å². The van der Waals surface area contributed by atoms with Crippen molar-refractivity contribution in [1.29, 1.82) is 0 Å². The lowest BCUT2D eigenvalue weighted by Crippen LogP contribution is -2.08. The molecule has 29 heavy (non-hydrogen) atoms. The second kappa shape index (κ2) is 7.16. The number of benzene rings is 1. The van der Waals surface area contributed by atoms with Gasteiger partial charge in [0.15, 0.2) is 5.82 Å². The number of nitrogens with two attached hydrogens (primary N) is 1. The summed E-state index contributed by atoms with van der Waals surface area (Å²) in [5.74, 6) is -1.55. The third kappa shape index (κ3) is 3.55. The Bertz CT molecular complexity index is 1270. The summed E-state index contributed by atoms with van der Waals surface area (Å²) in [5.41, 5.74) is 8.73. The zero-order valence-corrected chi connectivity index (χ0v) is 15.4.